The van der Waals surface area contributed by atoms with E-state index in [-0.39, 0.29) is 29.7 Å². The van der Waals surface area contributed by atoms with Crippen molar-refractivity contribution in [2.45, 2.75) is 51.7 Å². The second-order valence-electron chi connectivity index (χ2n) is 12.0. The number of Topliss-reactive ketones (excluding diaryl/α,β-unsaturated/α-hetero) is 1. The van der Waals surface area contributed by atoms with E-state index in [0.29, 0.717) is 85.3 Å². The molecule has 3 aromatic heterocycles. The van der Waals surface area contributed by atoms with Crippen LogP contribution in [0, 0.1) is 0 Å². The first-order valence-corrected chi connectivity index (χ1v) is 15.6. The number of nitrogens with zero attached hydrogens (tertiary/aromatic N) is 6. The molecule has 0 spiro atoms. The van der Waals surface area contributed by atoms with Crippen molar-refractivity contribution in [2.75, 3.05) is 31.1 Å². The average Bonchev–Trinajstić information content (AvgIpc) is 3.47. The zero-order chi connectivity index (χ0) is 33.0. The molecule has 14 nitrogen and oxygen atoms in total. The summed E-state index contributed by atoms with van der Waals surface area (Å²) in [6.45, 7) is 5.77. The Morgan fingerprint density at radius 2 is 1.77 bits per heavy atom. The van der Waals surface area contributed by atoms with Gasteiger partial charge in [-0.05, 0) is 49.1 Å². The second-order valence-corrected chi connectivity index (χ2v) is 12.0. The monoisotopic (exact) mass is 639 g/mol. The third-order valence-corrected chi connectivity index (χ3v) is 9.54. The molecule has 14 heteroatoms. The van der Waals surface area contributed by atoms with Crippen LogP contribution in [0.2, 0.25) is 0 Å². The lowest BCUT2D eigenvalue weighted by molar-refractivity contribution is -0.140. The van der Waals surface area contributed by atoms with E-state index >= 15 is 0 Å². The fraction of sp³-hybridized carbons (Fsp3) is 0.364. The van der Waals surface area contributed by atoms with Crippen LogP contribution in [-0.4, -0.2) is 78.7 Å². The van der Waals surface area contributed by atoms with Gasteiger partial charge in [-0.25, -0.2) is 25.2 Å². The first-order valence-electron chi connectivity index (χ1n) is 15.6. The van der Waals surface area contributed by atoms with Crippen LogP contribution in [0.15, 0.2) is 41.5 Å². The Morgan fingerprint density at radius 3 is 2.45 bits per heavy atom. The molecule has 5 heterocycles. The molecule has 1 aliphatic carbocycles. The smallest absolute Gasteiger partial charge is 0.410 e. The van der Waals surface area contributed by atoms with Crippen LogP contribution in [0.25, 0.3) is 22.3 Å². The Labute approximate surface area is 268 Å². The Hall–Kier alpha value is -5.21. The minimum atomic E-state index is -1.68. The van der Waals surface area contributed by atoms with Gasteiger partial charge in [0.25, 0.3) is 11.5 Å². The molecule has 0 radical (unpaired) electrons. The molecule has 7 rings (SSSR count). The zero-order valence-electron chi connectivity index (χ0n) is 25.9. The number of hydrogen-bond acceptors (Lipinski definition) is 11. The number of carbonyl (C=O) groups is 3. The summed E-state index contributed by atoms with van der Waals surface area (Å²) in [5.74, 6) is -0.187. The summed E-state index contributed by atoms with van der Waals surface area (Å²) < 4.78 is 7.48. The molecule has 4 aromatic rings. The maximum atomic E-state index is 13.7. The molecule has 2 amide bonds. The van der Waals surface area contributed by atoms with Crippen molar-refractivity contribution in [1.82, 2.24) is 29.9 Å². The molecular weight excluding hydrogens is 606 g/mol. The summed E-state index contributed by atoms with van der Waals surface area (Å²) in [7, 11) is 0. The molecule has 1 atom stereocenters. The molecule has 0 saturated carbocycles. The van der Waals surface area contributed by atoms with Crippen molar-refractivity contribution in [3.63, 3.8) is 0 Å². The number of fused-ring (bicyclic) bond motifs is 5. The fourth-order valence-electron chi connectivity index (χ4n) is 6.91. The van der Waals surface area contributed by atoms with Gasteiger partial charge in [0, 0.05) is 67.1 Å². The molecule has 242 valence electrons. The van der Waals surface area contributed by atoms with Gasteiger partial charge in [-0.1, -0.05) is 13.8 Å². The lowest BCUT2D eigenvalue weighted by atomic mass is 9.77. The van der Waals surface area contributed by atoms with E-state index in [2.05, 4.69) is 9.97 Å². The highest BCUT2D eigenvalue weighted by Crippen LogP contribution is 2.41. The predicted octanol–water partition coefficient (Wildman–Crippen LogP) is 2.33. The second kappa shape index (κ2) is 11.5. The maximum Gasteiger partial charge on any atom is 0.415 e. The number of piperazine rings is 1. The minimum absolute atomic E-state index is 0.125. The van der Waals surface area contributed by atoms with Crippen LogP contribution in [0.3, 0.4) is 0 Å². The Bertz CT molecular complexity index is 2020. The van der Waals surface area contributed by atoms with Crippen LogP contribution in [0.1, 0.15) is 59.3 Å². The number of hydroxylamine groups is 1. The standard InChI is InChI=1S/C33H33N7O7/c1-3-20-22-13-19(47-32(44)39-11-9-38(10-12-39)31-34-15-18(16-35-31)29(42)37-46)5-7-25(22)36-28-23(20)17-40-26(28)14-24-21(30(40)43)6-8-27(41)33(24,45)4-2/h5,7,13-16,45-46H,3-4,6,8-12,17H2,1-2H3,(H,37,42)/t33-/m0/s1. The maximum absolute atomic E-state index is 13.7. The molecule has 0 unspecified atom stereocenters. The van der Waals surface area contributed by atoms with Crippen molar-refractivity contribution in [3.05, 3.63) is 74.8 Å². The van der Waals surface area contributed by atoms with Gasteiger partial charge in [-0.15, -0.1) is 0 Å². The molecule has 0 bridgehead atoms. The third-order valence-electron chi connectivity index (χ3n) is 9.54. The number of aromatic nitrogens is 4. The van der Waals surface area contributed by atoms with Gasteiger partial charge >= 0.3 is 6.09 Å². The Balaban J connectivity index is 1.12. The number of hydrogen-bond donors (Lipinski definition) is 3. The number of aliphatic hydroxyl groups is 1. The molecule has 1 aromatic carbocycles. The molecule has 2 aliphatic heterocycles. The van der Waals surface area contributed by atoms with Gasteiger partial charge in [0.2, 0.25) is 5.95 Å². The van der Waals surface area contributed by atoms with E-state index in [4.69, 9.17) is 14.9 Å². The van der Waals surface area contributed by atoms with E-state index in [1.54, 1.807) is 46.1 Å². The summed E-state index contributed by atoms with van der Waals surface area (Å²) in [6.07, 6.45) is 3.42. The molecule has 3 aliphatic rings. The number of carbonyl (C=O) groups excluding carboxylic acids is 3. The van der Waals surface area contributed by atoms with Crippen LogP contribution < -0.4 is 20.7 Å². The fourth-order valence-corrected chi connectivity index (χ4v) is 6.91. The number of nitrogens with one attached hydrogen (secondary N) is 1. The van der Waals surface area contributed by atoms with E-state index in [0.717, 1.165) is 16.5 Å². The molecule has 1 fully saturated rings. The summed E-state index contributed by atoms with van der Waals surface area (Å²) in [4.78, 5) is 67.9. The van der Waals surface area contributed by atoms with Gasteiger partial charge in [-0.2, -0.15) is 0 Å². The van der Waals surface area contributed by atoms with E-state index < -0.39 is 17.6 Å². The molecule has 3 N–H and O–H groups in total. The highest BCUT2D eigenvalue weighted by molar-refractivity contribution is 5.93. The van der Waals surface area contributed by atoms with Crippen molar-refractivity contribution >= 4 is 34.6 Å². The number of ether oxygens (including phenoxy) is 1. The summed E-state index contributed by atoms with van der Waals surface area (Å²) in [6, 6.07) is 7.06. The SMILES string of the molecule is CCc1c2c(nc3ccc(OC(=O)N4CCN(c5ncc(C(=O)NO)cn5)CC4)cc13)-c1cc3c(c(=O)n1C2)CCC(=O)[C@]3(O)CC. The molecular formula is C33H33N7O7. The van der Waals surface area contributed by atoms with E-state index in [1.807, 2.05) is 11.8 Å². The van der Waals surface area contributed by atoms with Gasteiger partial charge in [-0.3, -0.25) is 19.6 Å². The van der Waals surface area contributed by atoms with Crippen LogP contribution >= 0.6 is 0 Å². The quantitative estimate of drug-likeness (QED) is 0.190. The van der Waals surface area contributed by atoms with Gasteiger partial charge in [0.15, 0.2) is 5.78 Å². The number of ketones is 1. The van der Waals surface area contributed by atoms with Crippen molar-refractivity contribution < 1.29 is 29.4 Å². The minimum Gasteiger partial charge on any atom is -0.410 e. The van der Waals surface area contributed by atoms with Crippen molar-refractivity contribution in [3.8, 4) is 17.1 Å². The lowest BCUT2D eigenvalue weighted by Crippen LogP contribution is -2.50. The summed E-state index contributed by atoms with van der Waals surface area (Å²) >= 11 is 0. The van der Waals surface area contributed by atoms with Crippen LogP contribution in [0.4, 0.5) is 10.7 Å². The number of amides is 2. The van der Waals surface area contributed by atoms with E-state index in [9.17, 15) is 24.3 Å². The van der Waals surface area contributed by atoms with Gasteiger partial charge in [0.1, 0.15) is 11.4 Å². The first-order chi connectivity index (χ1) is 22.7. The van der Waals surface area contributed by atoms with Gasteiger partial charge in [0.05, 0.1) is 29.0 Å². The first kappa shape index (κ1) is 30.4. The number of benzene rings is 1. The molecule has 47 heavy (non-hydrogen) atoms. The lowest BCUT2D eigenvalue weighted by Gasteiger charge is -2.34. The van der Waals surface area contributed by atoms with Crippen LogP contribution in [-0.2, 0) is 29.8 Å². The normalized spacial score (nSPS) is 18.5. The topological polar surface area (TPSA) is 180 Å². The van der Waals surface area contributed by atoms with Gasteiger partial charge < -0.3 is 24.2 Å². The predicted molar refractivity (Wildman–Crippen MR) is 169 cm³/mol. The van der Waals surface area contributed by atoms with E-state index in [1.165, 1.54) is 12.4 Å². The number of rotatable bonds is 5. The largest absolute Gasteiger partial charge is 0.415 e. The number of anilines is 1. The Kier molecular flexibility index (Phi) is 7.48. The van der Waals surface area contributed by atoms with Crippen molar-refractivity contribution in [1.29, 1.82) is 0 Å². The Morgan fingerprint density at radius 1 is 1.02 bits per heavy atom. The average molecular weight is 640 g/mol. The van der Waals surface area contributed by atoms with Crippen molar-refractivity contribution in [2.24, 2.45) is 0 Å². The van der Waals surface area contributed by atoms with Crippen LogP contribution in [0.5, 0.6) is 5.75 Å². The summed E-state index contributed by atoms with van der Waals surface area (Å²) in [5.41, 5.74) is 4.48. The molecule has 1 saturated heterocycles. The number of aryl methyl sites for hydroxylation is 1. The zero-order valence-corrected chi connectivity index (χ0v) is 25.9. The summed E-state index contributed by atoms with van der Waals surface area (Å²) in [5, 5.41) is 20.9. The third kappa shape index (κ3) is 4.91. The highest BCUT2D eigenvalue weighted by Gasteiger charge is 2.43. The number of pyridine rings is 2. The highest BCUT2D eigenvalue weighted by atomic mass is 16.6.